The van der Waals surface area contributed by atoms with Crippen LogP contribution in [0.4, 0.5) is 0 Å². The minimum Gasteiger partial charge on any atom is -0.508 e. The fraction of sp³-hybridized carbons (Fsp3) is 0.143. The number of aryl methyl sites for hydroxylation is 2. The van der Waals surface area contributed by atoms with Crippen LogP contribution in [0.5, 0.6) is 17.2 Å². The Hall–Kier alpha value is -2.94. The van der Waals surface area contributed by atoms with Crippen LogP contribution >= 0.6 is 0 Å². The van der Waals surface area contributed by atoms with Crippen molar-refractivity contribution in [2.75, 3.05) is 0 Å². The van der Waals surface area contributed by atoms with Gasteiger partial charge in [-0.15, -0.1) is 0 Å². The Balaban J connectivity index is 2.28. The van der Waals surface area contributed by atoms with E-state index in [2.05, 4.69) is 0 Å². The van der Waals surface area contributed by atoms with Crippen molar-refractivity contribution in [3.05, 3.63) is 88.5 Å². The third kappa shape index (κ3) is 2.93. The maximum atomic E-state index is 9.99. The molecule has 1 atom stereocenters. The van der Waals surface area contributed by atoms with E-state index < -0.39 is 0 Å². The monoisotopic (exact) mass is 320 g/mol. The average molecular weight is 320 g/mol. The summed E-state index contributed by atoms with van der Waals surface area (Å²) in [5.74, 6) is -0.216. The highest BCUT2D eigenvalue weighted by molar-refractivity contribution is 5.54. The van der Waals surface area contributed by atoms with Gasteiger partial charge in [0.1, 0.15) is 5.75 Å². The van der Waals surface area contributed by atoms with Gasteiger partial charge in [0.2, 0.25) is 0 Å². The average Bonchev–Trinajstić information content (AvgIpc) is 2.57. The number of aromatic hydroxyl groups is 3. The van der Waals surface area contributed by atoms with Gasteiger partial charge in [-0.05, 0) is 65.9 Å². The van der Waals surface area contributed by atoms with Crippen molar-refractivity contribution in [2.24, 2.45) is 0 Å². The highest BCUT2D eigenvalue weighted by Crippen LogP contribution is 2.40. The second-order valence-electron chi connectivity index (χ2n) is 6.08. The second-order valence-corrected chi connectivity index (χ2v) is 6.08. The summed E-state index contributed by atoms with van der Waals surface area (Å²) in [6.07, 6.45) is 0. The predicted molar refractivity (Wildman–Crippen MR) is 94.7 cm³/mol. The van der Waals surface area contributed by atoms with Gasteiger partial charge in [-0.25, -0.2) is 0 Å². The number of benzene rings is 3. The summed E-state index contributed by atoms with van der Waals surface area (Å²) in [5, 5.41) is 29.7. The number of rotatable bonds is 3. The highest BCUT2D eigenvalue weighted by Gasteiger charge is 2.22. The molecule has 0 aliphatic carbocycles. The summed E-state index contributed by atoms with van der Waals surface area (Å²) in [6.45, 7) is 3.91. The van der Waals surface area contributed by atoms with Gasteiger partial charge in [0, 0.05) is 5.92 Å². The number of phenolic OH excluding ortho intramolecular Hbond substituents is 3. The van der Waals surface area contributed by atoms with Gasteiger partial charge < -0.3 is 15.3 Å². The molecule has 3 nitrogen and oxygen atoms in total. The van der Waals surface area contributed by atoms with Gasteiger partial charge in [-0.2, -0.15) is 0 Å². The van der Waals surface area contributed by atoms with Crippen LogP contribution < -0.4 is 0 Å². The van der Waals surface area contributed by atoms with Gasteiger partial charge in [-0.3, -0.25) is 0 Å². The van der Waals surface area contributed by atoms with Crippen LogP contribution in [0.1, 0.15) is 33.7 Å². The van der Waals surface area contributed by atoms with Crippen LogP contribution in [0.2, 0.25) is 0 Å². The normalized spacial score (nSPS) is 12.1. The Morgan fingerprint density at radius 2 is 1.29 bits per heavy atom. The van der Waals surface area contributed by atoms with Crippen molar-refractivity contribution >= 4 is 0 Å². The molecule has 0 bridgehead atoms. The van der Waals surface area contributed by atoms with Gasteiger partial charge in [0.25, 0.3) is 0 Å². The minimum atomic E-state index is -0.148. The van der Waals surface area contributed by atoms with Crippen molar-refractivity contribution < 1.29 is 15.3 Å². The van der Waals surface area contributed by atoms with E-state index in [4.69, 9.17) is 0 Å². The van der Waals surface area contributed by atoms with Crippen LogP contribution in [0.15, 0.2) is 60.7 Å². The summed E-state index contributed by atoms with van der Waals surface area (Å²) in [4.78, 5) is 0. The molecule has 3 rings (SSSR count). The molecule has 3 heteroatoms. The van der Waals surface area contributed by atoms with E-state index in [1.165, 1.54) is 0 Å². The predicted octanol–water partition coefficient (Wildman–Crippen LogP) is 4.60. The van der Waals surface area contributed by atoms with Gasteiger partial charge in [0.05, 0.1) is 0 Å². The number of hydrogen-bond acceptors (Lipinski definition) is 3. The van der Waals surface area contributed by atoms with Crippen molar-refractivity contribution in [1.82, 2.24) is 0 Å². The number of hydrogen-bond donors (Lipinski definition) is 3. The maximum absolute atomic E-state index is 9.99. The third-order valence-electron chi connectivity index (χ3n) is 4.38. The van der Waals surface area contributed by atoms with Crippen molar-refractivity contribution in [2.45, 2.75) is 19.8 Å². The van der Waals surface area contributed by atoms with Crippen molar-refractivity contribution in [3.8, 4) is 17.2 Å². The van der Waals surface area contributed by atoms with Crippen LogP contribution in [-0.4, -0.2) is 15.3 Å². The quantitative estimate of drug-likeness (QED) is 0.488. The van der Waals surface area contributed by atoms with Crippen LogP contribution in [0.25, 0.3) is 0 Å². The molecule has 0 aliphatic rings. The molecule has 1 unspecified atom stereocenters. The second kappa shape index (κ2) is 6.28. The van der Waals surface area contributed by atoms with Crippen molar-refractivity contribution in [1.29, 1.82) is 0 Å². The molecular weight excluding hydrogens is 300 g/mol. The zero-order valence-corrected chi connectivity index (χ0v) is 13.7. The smallest absolute Gasteiger partial charge is 0.157 e. The Bertz CT molecular complexity index is 870. The zero-order valence-electron chi connectivity index (χ0n) is 13.7. The molecule has 0 aromatic heterocycles. The first-order valence-corrected chi connectivity index (χ1v) is 7.84. The van der Waals surface area contributed by atoms with Crippen LogP contribution in [0.3, 0.4) is 0 Å². The standard InChI is InChI=1S/C21H20O3/c1-13-8-9-16(22)11-17(13)21(15-6-4-3-5-7-15)18-12-20(24)19(23)10-14(18)2/h3-12,21-24H,1-2H3. The Labute approximate surface area is 141 Å². The lowest BCUT2D eigenvalue weighted by Gasteiger charge is -2.23. The summed E-state index contributed by atoms with van der Waals surface area (Å²) < 4.78 is 0. The van der Waals surface area contributed by atoms with E-state index in [1.54, 1.807) is 24.3 Å². The first-order valence-electron chi connectivity index (χ1n) is 7.84. The largest absolute Gasteiger partial charge is 0.508 e. The molecule has 0 aliphatic heterocycles. The lowest BCUT2D eigenvalue weighted by atomic mass is 9.81. The summed E-state index contributed by atoms with van der Waals surface area (Å²) in [7, 11) is 0. The maximum Gasteiger partial charge on any atom is 0.157 e. The molecule has 3 N–H and O–H groups in total. The summed E-state index contributed by atoms with van der Waals surface area (Å²) >= 11 is 0. The lowest BCUT2D eigenvalue weighted by Crippen LogP contribution is -2.07. The first kappa shape index (κ1) is 15.9. The molecule has 0 heterocycles. The Kier molecular flexibility index (Phi) is 4.17. The molecule has 0 radical (unpaired) electrons. The molecule has 0 amide bonds. The lowest BCUT2D eigenvalue weighted by molar-refractivity contribution is 0.402. The van der Waals surface area contributed by atoms with Crippen LogP contribution in [-0.2, 0) is 0 Å². The first-order chi connectivity index (χ1) is 11.5. The van der Waals surface area contributed by atoms with E-state index in [0.29, 0.717) is 0 Å². The number of phenols is 3. The van der Waals surface area contributed by atoms with Gasteiger partial charge in [0.15, 0.2) is 11.5 Å². The third-order valence-corrected chi connectivity index (χ3v) is 4.38. The van der Waals surface area contributed by atoms with E-state index in [1.807, 2.05) is 50.2 Å². The molecule has 3 aromatic rings. The minimum absolute atomic E-state index is 0.129. The molecule has 0 saturated heterocycles. The van der Waals surface area contributed by atoms with Gasteiger partial charge in [-0.1, -0.05) is 36.4 Å². The molecule has 122 valence electrons. The zero-order chi connectivity index (χ0) is 17.3. The fourth-order valence-corrected chi connectivity index (χ4v) is 3.12. The topological polar surface area (TPSA) is 60.7 Å². The highest BCUT2D eigenvalue weighted by atomic mass is 16.3. The Morgan fingerprint density at radius 1 is 0.667 bits per heavy atom. The van der Waals surface area contributed by atoms with Crippen molar-refractivity contribution in [3.63, 3.8) is 0 Å². The molecule has 3 aromatic carbocycles. The SMILES string of the molecule is Cc1ccc(O)cc1C(c1ccccc1)c1cc(O)c(O)cc1C. The molecule has 0 saturated carbocycles. The molecular formula is C21H20O3. The van der Waals surface area contributed by atoms with E-state index >= 15 is 0 Å². The fourth-order valence-electron chi connectivity index (χ4n) is 3.12. The van der Waals surface area contributed by atoms with E-state index in [-0.39, 0.29) is 23.2 Å². The van der Waals surface area contributed by atoms with E-state index in [0.717, 1.165) is 27.8 Å². The molecule has 0 fully saturated rings. The molecule has 24 heavy (non-hydrogen) atoms. The molecule has 0 spiro atoms. The van der Waals surface area contributed by atoms with Gasteiger partial charge >= 0.3 is 0 Å². The van der Waals surface area contributed by atoms with E-state index in [9.17, 15) is 15.3 Å². The Morgan fingerprint density at radius 3 is 2.00 bits per heavy atom. The summed E-state index contributed by atoms with van der Waals surface area (Å²) in [6, 6.07) is 18.4. The van der Waals surface area contributed by atoms with Crippen LogP contribution in [0, 0.1) is 13.8 Å². The summed E-state index contributed by atoms with van der Waals surface area (Å²) in [5.41, 5.74) is 4.84.